The van der Waals surface area contributed by atoms with Crippen molar-refractivity contribution in [1.29, 1.82) is 0 Å². The molecule has 2 rings (SSSR count). The van der Waals surface area contributed by atoms with Gasteiger partial charge in [-0.15, -0.1) is 0 Å². The number of rotatable bonds is 2. The number of halogens is 1. The maximum atomic E-state index is 10.1. The Kier molecular flexibility index (Phi) is 4.14. The standard InChI is InChI=1S/C16H16BrNO2/c1-9-4-5-14(19)13(6-9)18-8-12-7-10(2)11(3)15(17)16(12)20/h4-8,19-20H,1-3H3. The number of hydrogen-bond acceptors (Lipinski definition) is 3. The van der Waals surface area contributed by atoms with Gasteiger partial charge in [0.1, 0.15) is 17.2 Å². The van der Waals surface area contributed by atoms with Crippen LogP contribution in [0.2, 0.25) is 0 Å². The van der Waals surface area contributed by atoms with Gasteiger partial charge in [-0.3, -0.25) is 4.99 Å². The van der Waals surface area contributed by atoms with E-state index in [0.717, 1.165) is 16.7 Å². The summed E-state index contributed by atoms with van der Waals surface area (Å²) in [5, 5.41) is 19.9. The molecular weight excluding hydrogens is 318 g/mol. The lowest BCUT2D eigenvalue weighted by Gasteiger charge is -2.08. The Hall–Kier alpha value is -1.81. The van der Waals surface area contributed by atoms with E-state index in [4.69, 9.17) is 0 Å². The van der Waals surface area contributed by atoms with Crippen LogP contribution in [0.5, 0.6) is 11.5 Å². The Balaban J connectivity index is 2.44. The lowest BCUT2D eigenvalue weighted by Crippen LogP contribution is -1.90. The second kappa shape index (κ2) is 5.67. The highest BCUT2D eigenvalue weighted by atomic mass is 79.9. The van der Waals surface area contributed by atoms with Crippen molar-refractivity contribution in [2.24, 2.45) is 4.99 Å². The van der Waals surface area contributed by atoms with E-state index in [-0.39, 0.29) is 11.5 Å². The van der Waals surface area contributed by atoms with Crippen LogP contribution in [0.15, 0.2) is 33.7 Å². The fraction of sp³-hybridized carbons (Fsp3) is 0.188. The van der Waals surface area contributed by atoms with Crippen molar-refractivity contribution in [3.63, 3.8) is 0 Å². The zero-order chi connectivity index (χ0) is 14.9. The van der Waals surface area contributed by atoms with Gasteiger partial charge in [0, 0.05) is 11.8 Å². The summed E-state index contributed by atoms with van der Waals surface area (Å²) in [4.78, 5) is 4.25. The highest BCUT2D eigenvalue weighted by Gasteiger charge is 2.09. The second-order valence-electron chi connectivity index (χ2n) is 4.82. The van der Waals surface area contributed by atoms with E-state index in [2.05, 4.69) is 20.9 Å². The monoisotopic (exact) mass is 333 g/mol. The number of aliphatic imine (C=N–C) groups is 1. The predicted molar refractivity (Wildman–Crippen MR) is 85.4 cm³/mol. The van der Waals surface area contributed by atoms with Crippen LogP contribution in [0.1, 0.15) is 22.3 Å². The van der Waals surface area contributed by atoms with Crippen LogP contribution in [0, 0.1) is 20.8 Å². The normalized spacial score (nSPS) is 11.2. The third-order valence-electron chi connectivity index (χ3n) is 3.25. The van der Waals surface area contributed by atoms with Crippen LogP contribution in [-0.4, -0.2) is 16.4 Å². The van der Waals surface area contributed by atoms with Gasteiger partial charge in [0.15, 0.2) is 0 Å². The van der Waals surface area contributed by atoms with E-state index in [1.165, 1.54) is 0 Å². The van der Waals surface area contributed by atoms with Crippen molar-refractivity contribution < 1.29 is 10.2 Å². The van der Waals surface area contributed by atoms with Gasteiger partial charge in [0.25, 0.3) is 0 Å². The lowest BCUT2D eigenvalue weighted by atomic mass is 10.1. The van der Waals surface area contributed by atoms with Gasteiger partial charge >= 0.3 is 0 Å². The van der Waals surface area contributed by atoms with Crippen LogP contribution < -0.4 is 0 Å². The van der Waals surface area contributed by atoms with E-state index in [1.807, 2.05) is 32.9 Å². The molecule has 2 aromatic carbocycles. The van der Waals surface area contributed by atoms with Gasteiger partial charge in [-0.05, 0) is 71.6 Å². The summed E-state index contributed by atoms with van der Waals surface area (Å²) < 4.78 is 0.674. The summed E-state index contributed by atoms with van der Waals surface area (Å²) in [7, 11) is 0. The first-order chi connectivity index (χ1) is 9.40. The second-order valence-corrected chi connectivity index (χ2v) is 5.61. The Labute approximate surface area is 126 Å². The highest BCUT2D eigenvalue weighted by molar-refractivity contribution is 9.10. The zero-order valence-corrected chi connectivity index (χ0v) is 13.2. The van der Waals surface area contributed by atoms with E-state index in [1.54, 1.807) is 18.3 Å². The molecule has 3 nitrogen and oxygen atoms in total. The minimum atomic E-state index is 0.120. The lowest BCUT2D eigenvalue weighted by molar-refractivity contribution is 0.470. The van der Waals surface area contributed by atoms with Gasteiger partial charge in [-0.1, -0.05) is 6.07 Å². The molecule has 0 amide bonds. The molecule has 0 heterocycles. The number of aromatic hydroxyl groups is 2. The SMILES string of the molecule is Cc1ccc(O)c(N=Cc2cc(C)c(C)c(Br)c2O)c1. The Bertz CT molecular complexity index is 693. The van der Waals surface area contributed by atoms with E-state index in [9.17, 15) is 10.2 Å². The van der Waals surface area contributed by atoms with Gasteiger partial charge in [-0.2, -0.15) is 0 Å². The van der Waals surface area contributed by atoms with Crippen LogP contribution >= 0.6 is 15.9 Å². The fourth-order valence-electron chi connectivity index (χ4n) is 1.86. The molecule has 0 aliphatic carbocycles. The topological polar surface area (TPSA) is 52.8 Å². The van der Waals surface area contributed by atoms with Gasteiger partial charge in [0.2, 0.25) is 0 Å². The highest BCUT2D eigenvalue weighted by Crippen LogP contribution is 2.33. The Morgan fingerprint density at radius 3 is 2.50 bits per heavy atom. The number of phenolic OH excluding ortho intramolecular Hbond substituents is 2. The Morgan fingerprint density at radius 2 is 1.80 bits per heavy atom. The third-order valence-corrected chi connectivity index (χ3v) is 4.22. The summed E-state index contributed by atoms with van der Waals surface area (Å²) >= 11 is 3.37. The Morgan fingerprint density at radius 1 is 1.10 bits per heavy atom. The molecule has 0 aliphatic heterocycles. The van der Waals surface area contributed by atoms with Crippen LogP contribution in [0.4, 0.5) is 5.69 Å². The zero-order valence-electron chi connectivity index (χ0n) is 11.6. The van der Waals surface area contributed by atoms with Gasteiger partial charge < -0.3 is 10.2 Å². The molecule has 2 aromatic rings. The minimum absolute atomic E-state index is 0.120. The van der Waals surface area contributed by atoms with Crippen LogP contribution in [0.3, 0.4) is 0 Å². The molecule has 0 aliphatic rings. The van der Waals surface area contributed by atoms with Crippen molar-refractivity contribution in [3.8, 4) is 11.5 Å². The third kappa shape index (κ3) is 2.85. The maximum Gasteiger partial charge on any atom is 0.141 e. The van der Waals surface area contributed by atoms with E-state index >= 15 is 0 Å². The number of nitrogens with zero attached hydrogens (tertiary/aromatic N) is 1. The fourth-order valence-corrected chi connectivity index (χ4v) is 2.40. The van der Waals surface area contributed by atoms with Crippen molar-refractivity contribution in [1.82, 2.24) is 0 Å². The van der Waals surface area contributed by atoms with E-state index < -0.39 is 0 Å². The molecule has 104 valence electrons. The molecule has 4 heteroatoms. The summed E-state index contributed by atoms with van der Waals surface area (Å²) in [5.74, 6) is 0.276. The molecular formula is C16H16BrNO2. The van der Waals surface area contributed by atoms with Crippen molar-refractivity contribution >= 4 is 27.8 Å². The summed E-state index contributed by atoms with van der Waals surface area (Å²) in [6.07, 6.45) is 1.56. The average Bonchev–Trinajstić information content (AvgIpc) is 2.42. The maximum absolute atomic E-state index is 10.1. The quantitative estimate of drug-likeness (QED) is 0.793. The molecule has 0 atom stereocenters. The number of hydrogen-bond donors (Lipinski definition) is 2. The van der Waals surface area contributed by atoms with Crippen molar-refractivity contribution in [2.45, 2.75) is 20.8 Å². The molecule has 0 aromatic heterocycles. The molecule has 2 N–H and O–H groups in total. The molecule has 0 radical (unpaired) electrons. The predicted octanol–water partition coefficient (Wildman–Crippen LogP) is 4.54. The average molecular weight is 334 g/mol. The van der Waals surface area contributed by atoms with Gasteiger partial charge in [-0.25, -0.2) is 0 Å². The van der Waals surface area contributed by atoms with E-state index in [0.29, 0.717) is 15.7 Å². The summed E-state index contributed by atoms with van der Waals surface area (Å²) in [5.41, 5.74) is 4.17. The molecule has 0 unspecified atom stereocenters. The number of phenols is 2. The van der Waals surface area contributed by atoms with Crippen LogP contribution in [0.25, 0.3) is 0 Å². The first kappa shape index (κ1) is 14.6. The molecule has 0 saturated carbocycles. The van der Waals surface area contributed by atoms with Crippen LogP contribution in [-0.2, 0) is 0 Å². The first-order valence-electron chi connectivity index (χ1n) is 6.22. The first-order valence-corrected chi connectivity index (χ1v) is 7.02. The molecule has 0 fully saturated rings. The molecule has 0 spiro atoms. The van der Waals surface area contributed by atoms with Crippen molar-refractivity contribution in [3.05, 3.63) is 51.0 Å². The van der Waals surface area contributed by atoms with Gasteiger partial charge in [0.05, 0.1) is 4.47 Å². The summed E-state index contributed by atoms with van der Waals surface area (Å²) in [6.45, 7) is 5.84. The molecule has 0 saturated heterocycles. The molecule has 0 bridgehead atoms. The minimum Gasteiger partial charge on any atom is -0.506 e. The molecule has 20 heavy (non-hydrogen) atoms. The smallest absolute Gasteiger partial charge is 0.141 e. The van der Waals surface area contributed by atoms with Crippen molar-refractivity contribution in [2.75, 3.05) is 0 Å². The number of benzene rings is 2. The summed E-state index contributed by atoms with van der Waals surface area (Å²) in [6, 6.07) is 7.08. The largest absolute Gasteiger partial charge is 0.506 e. The number of aryl methyl sites for hydroxylation is 2.